The van der Waals surface area contributed by atoms with Crippen molar-refractivity contribution in [2.75, 3.05) is 0 Å². The Hall–Kier alpha value is -1.08. The smallest absolute Gasteiger partial charge is 0.165 e. The van der Waals surface area contributed by atoms with E-state index in [0.717, 1.165) is 46.8 Å². The highest BCUT2D eigenvalue weighted by molar-refractivity contribution is 6.32. The van der Waals surface area contributed by atoms with E-state index >= 15 is 0 Å². The fourth-order valence-electron chi connectivity index (χ4n) is 7.87. The summed E-state index contributed by atoms with van der Waals surface area (Å²) < 4.78 is 0. The van der Waals surface area contributed by atoms with Crippen LogP contribution in [0.4, 0.5) is 0 Å². The van der Waals surface area contributed by atoms with Crippen LogP contribution in [0.2, 0.25) is 5.02 Å². The summed E-state index contributed by atoms with van der Waals surface area (Å²) in [5, 5.41) is 0.746. The van der Waals surface area contributed by atoms with Crippen molar-refractivity contribution < 1.29 is 4.79 Å². The van der Waals surface area contributed by atoms with E-state index in [1.165, 1.54) is 44.9 Å². The summed E-state index contributed by atoms with van der Waals surface area (Å²) in [5.74, 6) is 3.44. The van der Waals surface area contributed by atoms with Crippen LogP contribution in [0.1, 0.15) is 77.2 Å². The van der Waals surface area contributed by atoms with Crippen molar-refractivity contribution >= 4 is 23.5 Å². The van der Waals surface area contributed by atoms with Crippen LogP contribution in [0.3, 0.4) is 0 Å². The highest BCUT2D eigenvalue weighted by Crippen LogP contribution is 2.66. The minimum atomic E-state index is -0.147. The van der Waals surface area contributed by atoms with Crippen LogP contribution >= 0.6 is 11.6 Å². The van der Waals surface area contributed by atoms with E-state index < -0.39 is 0 Å². The molecule has 0 aliphatic heterocycles. The number of allylic oxidation sites excluding steroid dienone is 1. The number of rotatable bonds is 1. The molecule has 0 radical (unpaired) electrons. The normalized spacial score (nSPS) is 44.1. The van der Waals surface area contributed by atoms with E-state index in [-0.39, 0.29) is 5.41 Å². The van der Waals surface area contributed by atoms with Crippen LogP contribution in [-0.4, -0.2) is 5.78 Å². The number of hydrogen-bond acceptors (Lipinski definition) is 1. The predicted octanol–water partition coefficient (Wildman–Crippen LogP) is 7.34. The molecule has 0 spiro atoms. The Morgan fingerprint density at radius 2 is 1.82 bits per heavy atom. The number of carbonyl (C=O) groups excluding carboxylic acids is 1. The van der Waals surface area contributed by atoms with Gasteiger partial charge in [-0.1, -0.05) is 56.5 Å². The van der Waals surface area contributed by atoms with Gasteiger partial charge in [-0.15, -0.1) is 0 Å². The highest BCUT2D eigenvalue weighted by atomic mass is 35.5. The molecule has 0 saturated heterocycles. The lowest BCUT2D eigenvalue weighted by Crippen LogP contribution is -2.52. The van der Waals surface area contributed by atoms with Gasteiger partial charge in [0, 0.05) is 10.4 Å². The van der Waals surface area contributed by atoms with Gasteiger partial charge < -0.3 is 0 Å². The molecule has 150 valence electrons. The summed E-state index contributed by atoms with van der Waals surface area (Å²) in [5.41, 5.74) is 2.40. The summed E-state index contributed by atoms with van der Waals surface area (Å²) in [6.45, 7) is 4.88. The van der Waals surface area contributed by atoms with Crippen LogP contribution in [0.5, 0.6) is 0 Å². The lowest BCUT2D eigenvalue weighted by molar-refractivity contribution is -0.137. The van der Waals surface area contributed by atoms with E-state index in [4.69, 9.17) is 11.6 Å². The average Bonchev–Trinajstić information content (AvgIpc) is 2.94. The van der Waals surface area contributed by atoms with Crippen molar-refractivity contribution in [3.63, 3.8) is 0 Å². The van der Waals surface area contributed by atoms with Gasteiger partial charge in [-0.25, -0.2) is 0 Å². The van der Waals surface area contributed by atoms with Crippen molar-refractivity contribution in [2.24, 2.45) is 34.5 Å². The Labute approximate surface area is 174 Å². The van der Waals surface area contributed by atoms with E-state index in [2.05, 4.69) is 19.9 Å². The van der Waals surface area contributed by atoms with Crippen LogP contribution in [0.15, 0.2) is 29.8 Å². The molecule has 6 atom stereocenters. The van der Waals surface area contributed by atoms with Gasteiger partial charge in [0.2, 0.25) is 0 Å². The molecule has 4 saturated carbocycles. The second kappa shape index (κ2) is 6.73. The monoisotopic (exact) mass is 396 g/mol. The fraction of sp³-hybridized carbons (Fsp3) is 0.654. The van der Waals surface area contributed by atoms with Gasteiger partial charge in [0.1, 0.15) is 0 Å². The van der Waals surface area contributed by atoms with Crippen LogP contribution in [0.25, 0.3) is 6.08 Å². The molecule has 1 aromatic rings. The van der Waals surface area contributed by atoms with Crippen molar-refractivity contribution in [1.29, 1.82) is 0 Å². The number of carbonyl (C=O) groups is 1. The Morgan fingerprint density at radius 1 is 1.00 bits per heavy atom. The molecule has 4 aliphatic rings. The van der Waals surface area contributed by atoms with Crippen LogP contribution < -0.4 is 0 Å². The van der Waals surface area contributed by atoms with Crippen molar-refractivity contribution in [3.05, 3.63) is 40.4 Å². The molecule has 4 fully saturated rings. The van der Waals surface area contributed by atoms with Gasteiger partial charge in [-0.3, -0.25) is 4.79 Å². The molecule has 0 bridgehead atoms. The van der Waals surface area contributed by atoms with Crippen LogP contribution in [0, 0.1) is 34.5 Å². The second-order valence-electron chi connectivity index (χ2n) is 10.6. The molecule has 0 amide bonds. The molecule has 0 aromatic heterocycles. The molecular weight excluding hydrogens is 364 g/mol. The quantitative estimate of drug-likeness (QED) is 0.454. The first kappa shape index (κ1) is 18.9. The molecule has 4 aliphatic carbocycles. The minimum Gasteiger partial charge on any atom is -0.294 e. The summed E-state index contributed by atoms with van der Waals surface area (Å²) in [4.78, 5) is 13.5. The van der Waals surface area contributed by atoms with Gasteiger partial charge >= 0.3 is 0 Å². The van der Waals surface area contributed by atoms with Gasteiger partial charge in [-0.2, -0.15) is 0 Å². The molecule has 0 heterocycles. The predicted molar refractivity (Wildman–Crippen MR) is 116 cm³/mol. The van der Waals surface area contributed by atoms with Gasteiger partial charge in [0.15, 0.2) is 5.78 Å². The highest BCUT2D eigenvalue weighted by Gasteiger charge is 2.60. The molecule has 2 heteroatoms. The largest absolute Gasteiger partial charge is 0.294 e. The topological polar surface area (TPSA) is 17.1 Å². The zero-order valence-electron chi connectivity index (χ0n) is 17.3. The Morgan fingerprint density at radius 3 is 2.64 bits per heavy atom. The zero-order valence-corrected chi connectivity index (χ0v) is 18.1. The van der Waals surface area contributed by atoms with E-state index in [1.54, 1.807) is 0 Å². The average molecular weight is 397 g/mol. The van der Waals surface area contributed by atoms with Crippen LogP contribution in [-0.2, 0) is 4.79 Å². The summed E-state index contributed by atoms with van der Waals surface area (Å²) in [6.07, 6.45) is 13.8. The molecule has 5 rings (SSSR count). The van der Waals surface area contributed by atoms with Gasteiger partial charge in [-0.05, 0) is 97.3 Å². The fourth-order valence-corrected chi connectivity index (χ4v) is 8.06. The lowest BCUT2D eigenvalue weighted by atomic mass is 9.45. The van der Waals surface area contributed by atoms with Gasteiger partial charge in [0.25, 0.3) is 0 Å². The summed E-state index contributed by atoms with van der Waals surface area (Å²) >= 11 is 6.39. The summed E-state index contributed by atoms with van der Waals surface area (Å²) in [6, 6.07) is 7.91. The van der Waals surface area contributed by atoms with Gasteiger partial charge in [0.05, 0.1) is 0 Å². The molecule has 1 aromatic carbocycles. The molecule has 0 N–H and O–H groups in total. The maximum absolute atomic E-state index is 13.5. The second-order valence-corrected chi connectivity index (χ2v) is 11.0. The standard InChI is InChI=1S/C26H33ClO/c1-25-13-6-5-8-19(25)10-11-20-21(25)12-14-26(2)22(20)16-18(24(26)28)15-17-7-3-4-9-23(17)27/h3-4,7,9,15,19-22H,5-6,8,10-14,16H2,1-2H3/b18-15+/t19-,20-,21+,22+,25+,26+/m1/s1. The number of hydrogen-bond donors (Lipinski definition) is 0. The van der Waals surface area contributed by atoms with Crippen molar-refractivity contribution in [1.82, 2.24) is 0 Å². The Bertz CT molecular complexity index is 825. The summed E-state index contributed by atoms with van der Waals surface area (Å²) in [7, 11) is 0. The third-order valence-corrected chi connectivity index (χ3v) is 9.80. The molecular formula is C26H33ClO. The van der Waals surface area contributed by atoms with E-state index in [1.807, 2.05) is 24.3 Å². The van der Waals surface area contributed by atoms with Crippen molar-refractivity contribution in [2.45, 2.75) is 71.6 Å². The first-order valence-corrected chi connectivity index (χ1v) is 11.8. The van der Waals surface area contributed by atoms with E-state index in [0.29, 0.717) is 17.1 Å². The maximum atomic E-state index is 13.5. The van der Waals surface area contributed by atoms with E-state index in [9.17, 15) is 4.79 Å². The molecule has 0 unspecified atom stereocenters. The third kappa shape index (κ3) is 2.68. The van der Waals surface area contributed by atoms with Crippen molar-refractivity contribution in [3.8, 4) is 0 Å². The lowest BCUT2D eigenvalue weighted by Gasteiger charge is -2.59. The number of ketones is 1. The Balaban J connectivity index is 1.48. The first-order valence-electron chi connectivity index (χ1n) is 11.4. The number of benzene rings is 1. The Kier molecular flexibility index (Phi) is 4.54. The minimum absolute atomic E-state index is 0.147. The SMILES string of the molecule is C[C@]12CCCC[C@@H]1CC[C@@H]1[C@@H]2CC[C@]2(C)C(=O)/C(=C/c3ccccc3Cl)C[C@@H]12. The maximum Gasteiger partial charge on any atom is 0.165 e. The third-order valence-electron chi connectivity index (χ3n) is 9.46. The number of halogens is 1. The number of fused-ring (bicyclic) bond motifs is 5. The first-order chi connectivity index (χ1) is 13.4. The zero-order chi connectivity index (χ0) is 19.5. The molecule has 1 nitrogen and oxygen atoms in total. The molecule has 28 heavy (non-hydrogen) atoms. The number of Topliss-reactive ketones (excluding diaryl/α,β-unsaturated/α-hetero) is 1.